The number of aromatic nitrogens is 2. The van der Waals surface area contributed by atoms with Crippen molar-refractivity contribution in [2.75, 3.05) is 11.8 Å². The van der Waals surface area contributed by atoms with E-state index in [0.717, 1.165) is 12.1 Å². The smallest absolute Gasteiger partial charge is 0.261 e. The van der Waals surface area contributed by atoms with Crippen molar-refractivity contribution in [1.82, 2.24) is 15.3 Å². The molecule has 0 bridgehead atoms. The number of carbonyl (C=O) groups excluding carboxylic acids is 1. The van der Waals surface area contributed by atoms with Crippen LogP contribution in [0.2, 0.25) is 0 Å². The summed E-state index contributed by atoms with van der Waals surface area (Å²) < 4.78 is 41.1. The molecule has 0 spiro atoms. The Balaban J connectivity index is 1.67. The second-order valence-electron chi connectivity index (χ2n) is 7.33. The highest BCUT2D eigenvalue weighted by atomic mass is 32.2. The lowest BCUT2D eigenvalue weighted by atomic mass is 10.0. The molecule has 2 aromatic carbocycles. The molecular formula is C24H20FN5O3S. The van der Waals surface area contributed by atoms with Gasteiger partial charge in [0.2, 0.25) is 0 Å². The molecule has 0 aliphatic carbocycles. The summed E-state index contributed by atoms with van der Waals surface area (Å²) in [5, 5.41) is 11.0. The first-order valence-electron chi connectivity index (χ1n) is 10.1. The van der Waals surface area contributed by atoms with E-state index in [-0.39, 0.29) is 21.9 Å². The molecule has 34 heavy (non-hydrogen) atoms. The Labute approximate surface area is 195 Å². The average Bonchev–Trinajstić information content (AvgIpc) is 3.25. The Morgan fingerprint density at radius 1 is 1.12 bits per heavy atom. The van der Waals surface area contributed by atoms with Gasteiger partial charge in [-0.15, -0.1) is 0 Å². The third-order valence-electron chi connectivity index (χ3n) is 5.05. The Hall–Kier alpha value is -4.31. The standard InChI is InChI=1S/C24H20FN5O3S/c1-27-12-17(11-26)16-9-21-22(14-29-24(21)28-13-16)23(31)15-4-2-6-19(8-15)30-34(32,33)20-7-3-5-18(25)10-20/h2-14,26-27,30H,1H3,(H,28,29)/b17-12+,26-11?. The van der Waals surface area contributed by atoms with Crippen LogP contribution in [0.3, 0.4) is 0 Å². The number of fused-ring (bicyclic) bond motifs is 1. The fourth-order valence-electron chi connectivity index (χ4n) is 3.44. The van der Waals surface area contributed by atoms with Gasteiger partial charge in [-0.3, -0.25) is 9.52 Å². The highest BCUT2D eigenvalue weighted by Gasteiger charge is 2.19. The molecule has 0 radical (unpaired) electrons. The molecule has 2 heterocycles. The molecule has 0 aliphatic rings. The molecule has 10 heteroatoms. The van der Waals surface area contributed by atoms with Gasteiger partial charge in [-0.2, -0.15) is 0 Å². The first-order chi connectivity index (χ1) is 16.3. The number of ketones is 1. The van der Waals surface area contributed by atoms with Crippen LogP contribution in [0.15, 0.2) is 78.1 Å². The van der Waals surface area contributed by atoms with Crippen molar-refractivity contribution >= 4 is 44.3 Å². The maximum absolute atomic E-state index is 13.5. The van der Waals surface area contributed by atoms with E-state index in [9.17, 15) is 17.6 Å². The minimum atomic E-state index is -4.04. The number of hydrogen-bond acceptors (Lipinski definition) is 6. The van der Waals surface area contributed by atoms with Crippen molar-refractivity contribution in [3.05, 3.63) is 95.7 Å². The highest BCUT2D eigenvalue weighted by Crippen LogP contribution is 2.25. The van der Waals surface area contributed by atoms with Crippen LogP contribution in [-0.4, -0.2) is 37.4 Å². The molecule has 0 aliphatic heterocycles. The quantitative estimate of drug-likeness (QED) is 0.226. The van der Waals surface area contributed by atoms with Gasteiger partial charge in [-0.25, -0.2) is 17.8 Å². The second-order valence-corrected chi connectivity index (χ2v) is 9.01. The lowest BCUT2D eigenvalue weighted by molar-refractivity contribution is 0.104. The number of hydrogen-bond donors (Lipinski definition) is 4. The number of rotatable bonds is 8. The predicted octanol–water partition coefficient (Wildman–Crippen LogP) is 3.94. The Kier molecular flexibility index (Phi) is 6.24. The number of H-pyrrole nitrogens is 1. The molecule has 4 aromatic rings. The van der Waals surface area contributed by atoms with Crippen molar-refractivity contribution in [1.29, 1.82) is 5.41 Å². The predicted molar refractivity (Wildman–Crippen MR) is 129 cm³/mol. The molecule has 0 amide bonds. The van der Waals surface area contributed by atoms with E-state index in [0.29, 0.717) is 27.7 Å². The molecule has 0 saturated carbocycles. The Bertz CT molecular complexity index is 1540. The van der Waals surface area contributed by atoms with E-state index in [4.69, 9.17) is 5.41 Å². The Morgan fingerprint density at radius 2 is 1.91 bits per heavy atom. The SMILES string of the molecule is CN/C=C(\C=N)c1cnc2[nH]cc(C(=O)c3cccc(NS(=O)(=O)c4cccc(F)c4)c3)c2c1. The molecular weight excluding hydrogens is 457 g/mol. The van der Waals surface area contributed by atoms with E-state index in [2.05, 4.69) is 20.0 Å². The number of sulfonamides is 1. The van der Waals surface area contributed by atoms with Gasteiger partial charge in [0.05, 0.1) is 4.90 Å². The summed E-state index contributed by atoms with van der Waals surface area (Å²) >= 11 is 0. The number of aromatic amines is 1. The maximum atomic E-state index is 13.5. The number of pyridine rings is 1. The highest BCUT2D eigenvalue weighted by molar-refractivity contribution is 7.92. The van der Waals surface area contributed by atoms with Crippen LogP contribution in [0.4, 0.5) is 10.1 Å². The summed E-state index contributed by atoms with van der Waals surface area (Å²) in [5.41, 5.74) is 2.51. The van der Waals surface area contributed by atoms with Crippen molar-refractivity contribution in [3.63, 3.8) is 0 Å². The monoisotopic (exact) mass is 477 g/mol. The van der Waals surface area contributed by atoms with Crippen molar-refractivity contribution < 1.29 is 17.6 Å². The van der Waals surface area contributed by atoms with Gasteiger partial charge in [0.15, 0.2) is 5.78 Å². The summed E-state index contributed by atoms with van der Waals surface area (Å²) in [6, 6.07) is 12.5. The minimum Gasteiger partial charge on any atom is -0.393 e. The van der Waals surface area contributed by atoms with E-state index in [1.165, 1.54) is 30.5 Å². The molecule has 0 atom stereocenters. The van der Waals surface area contributed by atoms with Crippen LogP contribution in [0.25, 0.3) is 16.6 Å². The fraction of sp³-hybridized carbons (Fsp3) is 0.0417. The normalized spacial score (nSPS) is 11.9. The summed E-state index contributed by atoms with van der Waals surface area (Å²) in [6.07, 6.45) is 5.97. The largest absolute Gasteiger partial charge is 0.393 e. The fourth-order valence-corrected chi connectivity index (χ4v) is 4.52. The van der Waals surface area contributed by atoms with Gasteiger partial charge in [0.1, 0.15) is 11.5 Å². The number of carbonyl (C=O) groups is 1. The number of halogens is 1. The lowest BCUT2D eigenvalue weighted by Gasteiger charge is -2.09. The van der Waals surface area contributed by atoms with Crippen molar-refractivity contribution in [2.45, 2.75) is 4.90 Å². The molecule has 4 N–H and O–H groups in total. The van der Waals surface area contributed by atoms with Gasteiger partial charge in [0.25, 0.3) is 10.0 Å². The number of allylic oxidation sites excluding steroid dienone is 1. The van der Waals surface area contributed by atoms with Crippen LogP contribution < -0.4 is 10.0 Å². The zero-order valence-corrected chi connectivity index (χ0v) is 18.8. The zero-order valence-electron chi connectivity index (χ0n) is 18.0. The van der Waals surface area contributed by atoms with E-state index >= 15 is 0 Å². The average molecular weight is 478 g/mol. The lowest BCUT2D eigenvalue weighted by Crippen LogP contribution is -2.13. The van der Waals surface area contributed by atoms with Gasteiger partial charge >= 0.3 is 0 Å². The molecule has 0 fully saturated rings. The van der Waals surface area contributed by atoms with Crippen LogP contribution in [0, 0.1) is 11.2 Å². The number of anilines is 1. The summed E-state index contributed by atoms with van der Waals surface area (Å²) in [5.74, 6) is -1.01. The maximum Gasteiger partial charge on any atom is 0.261 e. The first-order valence-corrected chi connectivity index (χ1v) is 11.6. The number of nitrogens with one attached hydrogen (secondary N) is 4. The van der Waals surface area contributed by atoms with Gasteiger partial charge in [-0.05, 0) is 36.4 Å². The molecule has 172 valence electrons. The van der Waals surface area contributed by atoms with Gasteiger partial charge in [0, 0.05) is 65.2 Å². The van der Waals surface area contributed by atoms with Crippen LogP contribution in [-0.2, 0) is 10.0 Å². The topological polar surface area (TPSA) is 128 Å². The number of nitrogens with zero attached hydrogens (tertiary/aromatic N) is 1. The summed E-state index contributed by atoms with van der Waals surface area (Å²) in [7, 11) is -2.32. The van der Waals surface area contributed by atoms with E-state index < -0.39 is 15.8 Å². The third kappa shape index (κ3) is 4.57. The first kappa shape index (κ1) is 22.9. The minimum absolute atomic E-state index is 0.164. The van der Waals surface area contributed by atoms with E-state index in [1.807, 2.05) is 0 Å². The van der Waals surface area contributed by atoms with Gasteiger partial charge < -0.3 is 15.7 Å². The third-order valence-corrected chi connectivity index (χ3v) is 6.43. The summed E-state index contributed by atoms with van der Waals surface area (Å²) in [6.45, 7) is 0. The molecule has 2 aromatic heterocycles. The summed E-state index contributed by atoms with van der Waals surface area (Å²) in [4.78, 5) is 20.4. The van der Waals surface area contributed by atoms with Crippen molar-refractivity contribution in [3.8, 4) is 0 Å². The molecule has 0 saturated heterocycles. The molecule has 8 nitrogen and oxygen atoms in total. The van der Waals surface area contributed by atoms with Gasteiger partial charge in [-0.1, -0.05) is 18.2 Å². The van der Waals surface area contributed by atoms with Crippen LogP contribution in [0.5, 0.6) is 0 Å². The zero-order chi connectivity index (χ0) is 24.3. The van der Waals surface area contributed by atoms with Crippen molar-refractivity contribution in [2.24, 2.45) is 0 Å². The second kappa shape index (κ2) is 9.28. The number of benzene rings is 2. The van der Waals surface area contributed by atoms with Crippen LogP contribution >= 0.6 is 0 Å². The van der Waals surface area contributed by atoms with Crippen LogP contribution in [0.1, 0.15) is 21.5 Å². The Morgan fingerprint density at radius 3 is 2.65 bits per heavy atom. The molecule has 0 unspecified atom stereocenters. The molecule has 4 rings (SSSR count). The van der Waals surface area contributed by atoms with E-state index in [1.54, 1.807) is 43.8 Å².